The first-order valence-corrected chi connectivity index (χ1v) is 4.77. The van der Waals surface area contributed by atoms with Gasteiger partial charge >= 0.3 is 17.6 Å². The fourth-order valence-corrected chi connectivity index (χ4v) is 1.36. The van der Waals surface area contributed by atoms with Crippen LogP contribution in [-0.4, -0.2) is 9.31 Å². The van der Waals surface area contributed by atoms with E-state index in [1.54, 1.807) is 0 Å². The summed E-state index contributed by atoms with van der Waals surface area (Å²) >= 11 is 0. The smallest absolute Gasteiger partial charge is 0.312 e. The van der Waals surface area contributed by atoms with Crippen LogP contribution in [0.1, 0.15) is 5.56 Å². The molecular formula is C10H7F3N2O3. The van der Waals surface area contributed by atoms with E-state index in [2.05, 4.69) is 4.52 Å². The van der Waals surface area contributed by atoms with Gasteiger partial charge in [-0.3, -0.25) is 0 Å². The van der Waals surface area contributed by atoms with Gasteiger partial charge in [-0.15, -0.1) is 4.74 Å². The number of aromatic nitrogens is 2. The molecule has 2 rings (SSSR count). The van der Waals surface area contributed by atoms with Crippen LogP contribution in [0.2, 0.25) is 0 Å². The maximum Gasteiger partial charge on any atom is 0.442 e. The van der Waals surface area contributed by atoms with Gasteiger partial charge in [0.05, 0.1) is 11.3 Å². The quantitative estimate of drug-likeness (QED) is 0.772. The third kappa shape index (κ3) is 1.96. The molecule has 96 valence electrons. The molecule has 1 aromatic carbocycles. The van der Waals surface area contributed by atoms with Crippen LogP contribution in [0.15, 0.2) is 38.4 Å². The third-order valence-electron chi connectivity index (χ3n) is 2.31. The van der Waals surface area contributed by atoms with Crippen molar-refractivity contribution in [3.63, 3.8) is 0 Å². The predicted octanol–water partition coefficient (Wildman–Crippen LogP) is 1.15. The Bertz CT molecular complexity index is 693. The molecule has 0 spiro atoms. The highest BCUT2D eigenvalue weighted by molar-refractivity contribution is 5.35. The lowest BCUT2D eigenvalue weighted by Crippen LogP contribution is -2.25. The van der Waals surface area contributed by atoms with E-state index in [1.165, 1.54) is 6.07 Å². The fourth-order valence-electron chi connectivity index (χ4n) is 1.36. The average Bonchev–Trinajstić information content (AvgIpc) is 2.56. The van der Waals surface area contributed by atoms with Gasteiger partial charge in [0.1, 0.15) is 0 Å². The summed E-state index contributed by atoms with van der Waals surface area (Å²) in [6, 6.07) is 3.94. The van der Waals surface area contributed by atoms with Crippen molar-refractivity contribution in [1.82, 2.24) is 9.31 Å². The summed E-state index contributed by atoms with van der Waals surface area (Å²) in [5.41, 5.74) is -1.94. The first-order valence-electron chi connectivity index (χ1n) is 4.77. The molecular weight excluding hydrogens is 253 g/mol. The van der Waals surface area contributed by atoms with Gasteiger partial charge in [-0.25, -0.2) is 14.2 Å². The Morgan fingerprint density at radius 2 is 1.89 bits per heavy atom. The summed E-state index contributed by atoms with van der Waals surface area (Å²) in [6.45, 7) is 0. The molecule has 5 nitrogen and oxygen atoms in total. The second kappa shape index (κ2) is 3.90. The normalized spacial score (nSPS) is 11.8. The van der Waals surface area contributed by atoms with Crippen LogP contribution < -0.4 is 11.4 Å². The van der Waals surface area contributed by atoms with E-state index >= 15 is 0 Å². The van der Waals surface area contributed by atoms with Gasteiger partial charge in [0.25, 0.3) is 0 Å². The van der Waals surface area contributed by atoms with Gasteiger partial charge in [0.2, 0.25) is 0 Å². The second-order valence-corrected chi connectivity index (χ2v) is 3.54. The zero-order valence-electron chi connectivity index (χ0n) is 9.06. The van der Waals surface area contributed by atoms with E-state index in [-0.39, 0.29) is 5.69 Å². The van der Waals surface area contributed by atoms with Crippen molar-refractivity contribution in [2.75, 3.05) is 0 Å². The van der Waals surface area contributed by atoms with E-state index in [4.69, 9.17) is 0 Å². The molecule has 0 saturated heterocycles. The molecule has 0 amide bonds. The number of benzene rings is 1. The summed E-state index contributed by atoms with van der Waals surface area (Å²) in [5, 5.41) is 0. The minimum absolute atomic E-state index is 0.160. The molecule has 0 aliphatic rings. The molecule has 0 aliphatic carbocycles. The predicted molar refractivity (Wildman–Crippen MR) is 54.5 cm³/mol. The van der Waals surface area contributed by atoms with Crippen molar-refractivity contribution in [3.8, 4) is 5.69 Å². The minimum Gasteiger partial charge on any atom is -0.312 e. The number of nitrogens with zero attached hydrogens (tertiary/aromatic N) is 2. The molecule has 2 aromatic rings. The van der Waals surface area contributed by atoms with Gasteiger partial charge < -0.3 is 4.52 Å². The van der Waals surface area contributed by atoms with E-state index in [9.17, 15) is 22.8 Å². The van der Waals surface area contributed by atoms with Crippen molar-refractivity contribution in [1.29, 1.82) is 0 Å². The van der Waals surface area contributed by atoms with Crippen LogP contribution in [-0.2, 0) is 13.2 Å². The van der Waals surface area contributed by atoms with Gasteiger partial charge in [-0.05, 0) is 18.2 Å². The Morgan fingerprint density at radius 1 is 1.22 bits per heavy atom. The minimum atomic E-state index is -4.53. The molecule has 0 N–H and O–H groups in total. The first-order chi connectivity index (χ1) is 8.30. The van der Waals surface area contributed by atoms with E-state index in [0.717, 1.165) is 25.2 Å². The van der Waals surface area contributed by atoms with Gasteiger partial charge in [-0.2, -0.15) is 13.2 Å². The molecule has 8 heteroatoms. The molecule has 0 saturated carbocycles. The maximum atomic E-state index is 12.5. The SMILES string of the molecule is Cn1c(=O)on(-c2cccc(C(F)(F)F)c2)c1=O. The van der Waals surface area contributed by atoms with Gasteiger partial charge in [0, 0.05) is 7.05 Å². The Hall–Kier alpha value is -2.25. The lowest BCUT2D eigenvalue weighted by molar-refractivity contribution is -0.137. The largest absolute Gasteiger partial charge is 0.442 e. The van der Waals surface area contributed by atoms with E-state index in [1.807, 2.05) is 0 Å². The Morgan fingerprint density at radius 3 is 2.39 bits per heavy atom. The highest BCUT2D eigenvalue weighted by atomic mass is 19.4. The van der Waals surface area contributed by atoms with Crippen molar-refractivity contribution in [2.45, 2.75) is 6.18 Å². The average molecular weight is 260 g/mol. The molecule has 0 fully saturated rings. The molecule has 0 bridgehead atoms. The van der Waals surface area contributed by atoms with Crippen molar-refractivity contribution < 1.29 is 17.7 Å². The Balaban J connectivity index is 2.62. The Kier molecular flexibility index (Phi) is 2.64. The molecule has 18 heavy (non-hydrogen) atoms. The van der Waals surface area contributed by atoms with Crippen molar-refractivity contribution in [2.24, 2.45) is 7.05 Å². The molecule has 1 heterocycles. The Labute approximate surface area is 97.6 Å². The summed E-state index contributed by atoms with van der Waals surface area (Å²) < 4.78 is 43.2. The highest BCUT2D eigenvalue weighted by Gasteiger charge is 2.30. The fraction of sp³-hybridized carbons (Fsp3) is 0.200. The van der Waals surface area contributed by atoms with Gasteiger partial charge in [0.15, 0.2) is 0 Å². The zero-order chi connectivity index (χ0) is 13.5. The van der Waals surface area contributed by atoms with Crippen LogP contribution in [0, 0.1) is 0 Å². The summed E-state index contributed by atoms with van der Waals surface area (Å²) in [7, 11) is 1.16. The molecule has 1 aromatic heterocycles. The second-order valence-electron chi connectivity index (χ2n) is 3.54. The summed E-state index contributed by atoms with van der Waals surface area (Å²) in [4.78, 5) is 22.6. The standard InChI is InChI=1S/C10H7F3N2O3/c1-14-8(16)15(18-9(14)17)7-4-2-3-6(5-7)10(11,12)13/h2-5H,1H3. The number of hydrogen-bond acceptors (Lipinski definition) is 3. The summed E-state index contributed by atoms with van der Waals surface area (Å²) in [6.07, 6.45) is -4.53. The summed E-state index contributed by atoms with van der Waals surface area (Å²) in [5.74, 6) is -0.947. The topological polar surface area (TPSA) is 57.1 Å². The maximum absolute atomic E-state index is 12.5. The lowest BCUT2D eigenvalue weighted by Gasteiger charge is -2.07. The highest BCUT2D eigenvalue weighted by Crippen LogP contribution is 2.29. The van der Waals surface area contributed by atoms with Crippen molar-refractivity contribution >= 4 is 0 Å². The number of halogens is 3. The van der Waals surface area contributed by atoms with Crippen LogP contribution in [0.4, 0.5) is 13.2 Å². The molecule has 0 radical (unpaired) electrons. The van der Waals surface area contributed by atoms with Crippen LogP contribution in [0.25, 0.3) is 5.69 Å². The number of hydrogen-bond donors (Lipinski definition) is 0. The molecule has 0 aliphatic heterocycles. The zero-order valence-corrected chi connectivity index (χ0v) is 9.06. The van der Waals surface area contributed by atoms with Gasteiger partial charge in [-0.1, -0.05) is 6.07 Å². The lowest BCUT2D eigenvalue weighted by atomic mass is 10.2. The molecule has 0 unspecified atom stereocenters. The van der Waals surface area contributed by atoms with Crippen LogP contribution in [0.3, 0.4) is 0 Å². The van der Waals surface area contributed by atoms with Crippen molar-refractivity contribution in [3.05, 3.63) is 50.9 Å². The van der Waals surface area contributed by atoms with Crippen LogP contribution >= 0.6 is 0 Å². The number of rotatable bonds is 1. The first kappa shape index (κ1) is 12.2. The van der Waals surface area contributed by atoms with E-state index < -0.39 is 23.2 Å². The third-order valence-corrected chi connectivity index (χ3v) is 2.31. The molecule has 0 atom stereocenters. The van der Waals surface area contributed by atoms with E-state index in [0.29, 0.717) is 9.31 Å². The van der Waals surface area contributed by atoms with Crippen LogP contribution in [0.5, 0.6) is 0 Å². The monoisotopic (exact) mass is 260 g/mol. The number of alkyl halides is 3.